The number of nitrogens with one attached hydrogen (secondary N) is 1. The van der Waals surface area contributed by atoms with Gasteiger partial charge in [-0.3, -0.25) is 4.98 Å². The second-order valence-electron chi connectivity index (χ2n) is 9.36. The molecule has 0 amide bonds. The summed E-state index contributed by atoms with van der Waals surface area (Å²) >= 11 is 0. The molecule has 4 rings (SSSR count). The molecule has 0 radical (unpaired) electrons. The first-order chi connectivity index (χ1) is 19.7. The van der Waals surface area contributed by atoms with E-state index in [2.05, 4.69) is 47.3 Å². The molecule has 6 nitrogen and oxygen atoms in total. The number of aromatic nitrogens is 2. The molecule has 0 unspecified atom stereocenters. The van der Waals surface area contributed by atoms with Crippen molar-refractivity contribution in [2.45, 2.75) is 86.5 Å². The Hall–Kier alpha value is -3.54. The van der Waals surface area contributed by atoms with Crippen molar-refractivity contribution in [1.82, 2.24) is 9.97 Å². The Morgan fingerprint density at radius 2 is 1.73 bits per heavy atom. The molecule has 3 aromatic rings. The summed E-state index contributed by atoms with van der Waals surface area (Å²) in [5.74, 6) is 2.51. The first-order valence-corrected chi connectivity index (χ1v) is 15.3. The lowest BCUT2D eigenvalue weighted by Gasteiger charge is -2.24. The van der Waals surface area contributed by atoms with Gasteiger partial charge in [0.05, 0.1) is 6.61 Å². The first-order valence-electron chi connectivity index (χ1n) is 15.3. The summed E-state index contributed by atoms with van der Waals surface area (Å²) in [6, 6.07) is 16.2. The van der Waals surface area contributed by atoms with Gasteiger partial charge in [-0.1, -0.05) is 53.7 Å². The van der Waals surface area contributed by atoms with Gasteiger partial charge in [-0.05, 0) is 74.4 Å². The lowest BCUT2D eigenvalue weighted by molar-refractivity contribution is 0.320. The molecule has 6 heteroatoms. The number of benzene rings is 1. The molecule has 0 atom stereocenters. The smallest absolute Gasteiger partial charge is 0.136 e. The average molecular weight is 546 g/mol. The highest BCUT2D eigenvalue weighted by Gasteiger charge is 2.13. The minimum atomic E-state index is 0.557. The van der Waals surface area contributed by atoms with Crippen molar-refractivity contribution in [3.63, 3.8) is 0 Å². The molecule has 0 bridgehead atoms. The maximum Gasteiger partial charge on any atom is 0.136 e. The minimum absolute atomic E-state index is 0.557. The van der Waals surface area contributed by atoms with Crippen LogP contribution in [0.1, 0.15) is 91.3 Å². The van der Waals surface area contributed by atoms with E-state index in [-0.39, 0.29) is 0 Å². The SMILES string of the molecule is CC.CC.CCCN(CCC)c1cc(OCCc2ccccn2)cc(Nc2ccc(N)c(C3=CCCCC3)c2)n1. The molecule has 0 fully saturated rings. The molecular formula is C34H51N5O. The zero-order valence-electron chi connectivity index (χ0n) is 25.7. The van der Waals surface area contributed by atoms with E-state index in [1.165, 1.54) is 18.4 Å². The zero-order chi connectivity index (χ0) is 29.2. The van der Waals surface area contributed by atoms with Gasteiger partial charge in [0.15, 0.2) is 0 Å². The van der Waals surface area contributed by atoms with Crippen molar-refractivity contribution in [2.24, 2.45) is 0 Å². The number of nitrogens with two attached hydrogens (primary N) is 1. The fourth-order valence-electron chi connectivity index (χ4n) is 4.64. The summed E-state index contributed by atoms with van der Waals surface area (Å²) < 4.78 is 6.20. The van der Waals surface area contributed by atoms with Gasteiger partial charge in [-0.2, -0.15) is 0 Å². The number of anilines is 4. The lowest BCUT2D eigenvalue weighted by atomic mass is 9.92. The van der Waals surface area contributed by atoms with E-state index in [0.29, 0.717) is 6.61 Å². The number of rotatable bonds is 12. The average Bonchev–Trinajstić information content (AvgIpc) is 3.01. The highest BCUT2D eigenvalue weighted by molar-refractivity contribution is 5.79. The molecule has 1 aromatic carbocycles. The van der Waals surface area contributed by atoms with Gasteiger partial charge in [-0.15, -0.1) is 0 Å². The Morgan fingerprint density at radius 3 is 2.38 bits per heavy atom. The third-order valence-corrected chi connectivity index (χ3v) is 6.41. The Kier molecular flexibility index (Phi) is 15.3. The van der Waals surface area contributed by atoms with E-state index in [4.69, 9.17) is 15.5 Å². The van der Waals surface area contributed by atoms with Gasteiger partial charge < -0.3 is 20.7 Å². The number of hydrogen-bond acceptors (Lipinski definition) is 6. The molecular weight excluding hydrogens is 494 g/mol. The Balaban J connectivity index is 0.00000134. The third kappa shape index (κ3) is 10.2. The summed E-state index contributed by atoms with van der Waals surface area (Å²) in [6.07, 6.45) is 11.7. The molecule has 0 aliphatic heterocycles. The number of hydrogen-bond donors (Lipinski definition) is 2. The van der Waals surface area contributed by atoms with Gasteiger partial charge in [0.2, 0.25) is 0 Å². The van der Waals surface area contributed by atoms with E-state index >= 15 is 0 Å². The maximum absolute atomic E-state index is 6.36. The Labute approximate surface area is 243 Å². The number of allylic oxidation sites excluding steroid dienone is 2. The summed E-state index contributed by atoms with van der Waals surface area (Å²) in [7, 11) is 0. The van der Waals surface area contributed by atoms with E-state index in [0.717, 1.165) is 85.2 Å². The van der Waals surface area contributed by atoms with Gasteiger partial charge in [0.25, 0.3) is 0 Å². The highest BCUT2D eigenvalue weighted by Crippen LogP contribution is 2.33. The van der Waals surface area contributed by atoms with E-state index in [1.54, 1.807) is 0 Å². The van der Waals surface area contributed by atoms with Gasteiger partial charge in [0.1, 0.15) is 17.4 Å². The standard InChI is InChI=1S/C30H39N5O.2C2H6/c1-3-17-35(18-4-2)30-22-26(36-19-15-24-12-8-9-16-32-24)21-29(34-30)33-25-13-14-28(31)27(20-25)23-10-6-5-7-11-23;2*1-2/h8-10,12-14,16,20-22H,3-7,11,15,17-19,31H2,1-2H3,(H,33,34);2*1-2H3. The van der Waals surface area contributed by atoms with Crippen LogP contribution in [0.4, 0.5) is 23.0 Å². The first kappa shape index (κ1) is 32.7. The number of nitrogens with zero attached hydrogens (tertiary/aromatic N) is 3. The summed E-state index contributed by atoms with van der Waals surface area (Å²) in [5.41, 5.74) is 11.7. The fraction of sp³-hybridized carbons (Fsp3) is 0.471. The maximum atomic E-state index is 6.36. The normalized spacial score (nSPS) is 12.2. The predicted octanol–water partition coefficient (Wildman–Crippen LogP) is 9.06. The number of nitrogen functional groups attached to an aromatic ring is 1. The molecule has 218 valence electrons. The van der Waals surface area contributed by atoms with Crippen molar-refractivity contribution in [3.05, 3.63) is 72.1 Å². The molecule has 40 heavy (non-hydrogen) atoms. The lowest BCUT2D eigenvalue weighted by Crippen LogP contribution is -2.26. The second-order valence-corrected chi connectivity index (χ2v) is 9.36. The third-order valence-electron chi connectivity index (χ3n) is 6.41. The molecule has 2 aromatic heterocycles. The van der Waals surface area contributed by atoms with E-state index in [1.807, 2.05) is 70.3 Å². The van der Waals surface area contributed by atoms with E-state index < -0.39 is 0 Å². The second kappa shape index (κ2) is 18.7. The fourth-order valence-corrected chi connectivity index (χ4v) is 4.64. The summed E-state index contributed by atoms with van der Waals surface area (Å²) in [4.78, 5) is 11.7. The van der Waals surface area contributed by atoms with Crippen LogP contribution in [0.2, 0.25) is 0 Å². The quantitative estimate of drug-likeness (QED) is 0.221. The van der Waals surface area contributed by atoms with Crippen LogP contribution in [0.25, 0.3) is 5.57 Å². The van der Waals surface area contributed by atoms with Crippen molar-refractivity contribution in [3.8, 4) is 5.75 Å². The topological polar surface area (TPSA) is 76.3 Å². The van der Waals surface area contributed by atoms with Crippen LogP contribution in [0, 0.1) is 0 Å². The highest BCUT2D eigenvalue weighted by atomic mass is 16.5. The molecule has 1 aliphatic rings. The van der Waals surface area contributed by atoms with Crippen molar-refractivity contribution in [2.75, 3.05) is 35.6 Å². The van der Waals surface area contributed by atoms with Crippen LogP contribution in [-0.4, -0.2) is 29.7 Å². The minimum Gasteiger partial charge on any atom is -0.493 e. The molecule has 0 saturated heterocycles. The monoisotopic (exact) mass is 545 g/mol. The van der Waals surface area contributed by atoms with Crippen molar-refractivity contribution >= 4 is 28.6 Å². The van der Waals surface area contributed by atoms with Crippen LogP contribution in [0.3, 0.4) is 0 Å². The van der Waals surface area contributed by atoms with Gasteiger partial charge >= 0.3 is 0 Å². The number of pyridine rings is 2. The molecule has 2 heterocycles. The van der Waals surface area contributed by atoms with Crippen LogP contribution in [0.15, 0.2) is 60.8 Å². The van der Waals surface area contributed by atoms with E-state index in [9.17, 15) is 0 Å². The predicted molar refractivity (Wildman–Crippen MR) is 174 cm³/mol. The largest absolute Gasteiger partial charge is 0.493 e. The summed E-state index contributed by atoms with van der Waals surface area (Å²) in [5, 5.41) is 3.53. The van der Waals surface area contributed by atoms with Crippen LogP contribution in [0.5, 0.6) is 5.75 Å². The molecule has 3 N–H and O–H groups in total. The summed E-state index contributed by atoms with van der Waals surface area (Å²) in [6.45, 7) is 14.9. The Bertz CT molecular complexity index is 1140. The van der Waals surface area contributed by atoms with Crippen LogP contribution < -0.4 is 20.7 Å². The zero-order valence-corrected chi connectivity index (χ0v) is 25.7. The van der Waals surface area contributed by atoms with Crippen molar-refractivity contribution in [1.29, 1.82) is 0 Å². The van der Waals surface area contributed by atoms with Crippen LogP contribution in [-0.2, 0) is 6.42 Å². The molecule has 0 spiro atoms. The van der Waals surface area contributed by atoms with Crippen LogP contribution >= 0.6 is 0 Å². The van der Waals surface area contributed by atoms with Crippen molar-refractivity contribution < 1.29 is 4.74 Å². The molecule has 0 saturated carbocycles. The number of ether oxygens (including phenoxy) is 1. The Morgan fingerprint density at radius 1 is 0.950 bits per heavy atom. The van der Waals surface area contributed by atoms with Gasteiger partial charge in [-0.25, -0.2) is 4.98 Å². The molecule has 1 aliphatic carbocycles. The van der Waals surface area contributed by atoms with Gasteiger partial charge in [0, 0.05) is 60.5 Å².